The molecule has 64 valence electrons. The molecule has 12 heavy (non-hydrogen) atoms. The Bertz CT molecular complexity index is 282. The maximum absolute atomic E-state index is 5.16. The van der Waals surface area contributed by atoms with Crippen molar-refractivity contribution < 1.29 is 0 Å². The summed E-state index contributed by atoms with van der Waals surface area (Å²) in [6.45, 7) is 0.855. The summed E-state index contributed by atoms with van der Waals surface area (Å²) in [7, 11) is 3.89. The zero-order valence-electron chi connectivity index (χ0n) is 7.49. The van der Waals surface area contributed by atoms with E-state index < -0.39 is 0 Å². The highest BCUT2D eigenvalue weighted by atomic mass is 15.3. The van der Waals surface area contributed by atoms with Gasteiger partial charge in [0.1, 0.15) is 5.82 Å². The molecule has 0 atom stereocenters. The van der Waals surface area contributed by atoms with Gasteiger partial charge in [0.25, 0.3) is 0 Å². The number of hydrogen-bond donors (Lipinski definition) is 0. The fourth-order valence-corrected chi connectivity index (χ4v) is 0.953. The molecule has 0 radical (unpaired) electrons. The van der Waals surface area contributed by atoms with Crippen LogP contribution in [0.2, 0.25) is 0 Å². The van der Waals surface area contributed by atoms with Gasteiger partial charge in [-0.2, -0.15) is 5.10 Å². The second-order valence-corrected chi connectivity index (χ2v) is 2.72. The molecule has 0 aliphatic carbocycles. The van der Waals surface area contributed by atoms with Gasteiger partial charge >= 0.3 is 0 Å². The Morgan fingerprint density at radius 1 is 1.75 bits per heavy atom. The highest BCUT2D eigenvalue weighted by Gasteiger charge is 2.01. The van der Waals surface area contributed by atoms with Crippen LogP contribution in [0.4, 0.5) is 5.82 Å². The Labute approximate surface area is 73.0 Å². The zero-order chi connectivity index (χ0) is 8.97. The van der Waals surface area contributed by atoms with E-state index in [1.807, 2.05) is 31.3 Å². The minimum absolute atomic E-state index is 0.757. The molecule has 1 aromatic heterocycles. The van der Waals surface area contributed by atoms with Gasteiger partial charge in [0.05, 0.1) is 0 Å². The van der Waals surface area contributed by atoms with E-state index in [-0.39, 0.29) is 0 Å². The predicted octanol–water partition coefficient (Wildman–Crippen LogP) is 0.880. The number of aromatic nitrogens is 2. The molecular weight excluding hydrogens is 150 g/mol. The Morgan fingerprint density at radius 2 is 2.50 bits per heavy atom. The van der Waals surface area contributed by atoms with Gasteiger partial charge in [-0.1, -0.05) is 0 Å². The molecule has 0 amide bonds. The van der Waals surface area contributed by atoms with E-state index in [1.165, 1.54) is 0 Å². The average molecular weight is 163 g/mol. The lowest BCUT2D eigenvalue weighted by Gasteiger charge is -2.13. The first-order valence-electron chi connectivity index (χ1n) is 3.88. The van der Waals surface area contributed by atoms with Crippen LogP contribution in [-0.2, 0) is 7.05 Å². The molecule has 0 unspecified atom stereocenters. The summed E-state index contributed by atoms with van der Waals surface area (Å²) < 4.78 is 1.78. The van der Waals surface area contributed by atoms with Crippen molar-refractivity contribution in [3.63, 3.8) is 0 Å². The Hall–Kier alpha value is -1.43. The number of rotatable bonds is 3. The largest absolute Gasteiger partial charge is 0.357 e. The summed E-state index contributed by atoms with van der Waals surface area (Å²) in [5, 5.41) is 4.24. The third kappa shape index (κ3) is 2.03. The highest BCUT2D eigenvalue weighted by molar-refractivity contribution is 5.35. The van der Waals surface area contributed by atoms with E-state index in [9.17, 15) is 0 Å². The topological polar surface area (TPSA) is 21.1 Å². The lowest BCUT2D eigenvalue weighted by atomic mass is 10.4. The van der Waals surface area contributed by atoms with Gasteiger partial charge in [0, 0.05) is 39.3 Å². The van der Waals surface area contributed by atoms with E-state index in [2.05, 4.69) is 11.0 Å². The van der Waals surface area contributed by atoms with Crippen LogP contribution in [-0.4, -0.2) is 23.4 Å². The van der Waals surface area contributed by atoms with Crippen LogP contribution in [0.1, 0.15) is 6.42 Å². The summed E-state index contributed by atoms with van der Waals surface area (Å²) in [6, 6.07) is 1.97. The summed E-state index contributed by atoms with van der Waals surface area (Å²) >= 11 is 0. The first kappa shape index (κ1) is 8.66. The second-order valence-electron chi connectivity index (χ2n) is 2.72. The number of aryl methyl sites for hydroxylation is 1. The van der Waals surface area contributed by atoms with Gasteiger partial charge in [-0.25, -0.2) is 0 Å². The minimum atomic E-state index is 0.757. The van der Waals surface area contributed by atoms with Gasteiger partial charge < -0.3 is 4.90 Å². The summed E-state index contributed by atoms with van der Waals surface area (Å²) in [6.07, 6.45) is 7.83. The molecule has 0 fully saturated rings. The van der Waals surface area contributed by atoms with E-state index >= 15 is 0 Å². The van der Waals surface area contributed by atoms with E-state index in [0.717, 1.165) is 18.8 Å². The van der Waals surface area contributed by atoms with Crippen molar-refractivity contribution in [2.24, 2.45) is 7.05 Å². The van der Waals surface area contributed by atoms with Gasteiger partial charge in [0.2, 0.25) is 0 Å². The lowest BCUT2D eigenvalue weighted by molar-refractivity contribution is 0.752. The molecule has 0 spiro atoms. The standard InChI is InChI=1S/C9H13N3/c1-4-5-7-11(2)9-6-8-12(3)10-9/h1,6,8H,5,7H2,2-3H3. The van der Waals surface area contributed by atoms with Crippen LogP contribution in [0.3, 0.4) is 0 Å². The molecule has 0 aliphatic heterocycles. The average Bonchev–Trinajstić information content (AvgIpc) is 2.47. The molecule has 0 N–H and O–H groups in total. The normalized spacial score (nSPS) is 9.42. The van der Waals surface area contributed by atoms with Crippen molar-refractivity contribution in [3.05, 3.63) is 12.3 Å². The molecule has 0 saturated carbocycles. The van der Waals surface area contributed by atoms with Crippen molar-refractivity contribution in [3.8, 4) is 12.3 Å². The van der Waals surface area contributed by atoms with Gasteiger partial charge in [-0.15, -0.1) is 12.3 Å². The number of nitrogens with zero attached hydrogens (tertiary/aromatic N) is 3. The molecule has 1 rings (SSSR count). The monoisotopic (exact) mass is 163 g/mol. The van der Waals surface area contributed by atoms with E-state index in [4.69, 9.17) is 6.42 Å². The Balaban J connectivity index is 2.54. The number of anilines is 1. The number of hydrogen-bond acceptors (Lipinski definition) is 2. The third-order valence-electron chi connectivity index (χ3n) is 1.68. The SMILES string of the molecule is C#CCCN(C)c1ccn(C)n1. The van der Waals surface area contributed by atoms with E-state index in [0.29, 0.717) is 0 Å². The highest BCUT2D eigenvalue weighted by Crippen LogP contribution is 2.06. The second kappa shape index (κ2) is 3.82. The van der Waals surface area contributed by atoms with Gasteiger partial charge in [-0.3, -0.25) is 4.68 Å². The summed E-state index contributed by atoms with van der Waals surface area (Å²) in [5.41, 5.74) is 0. The quantitative estimate of drug-likeness (QED) is 0.617. The predicted molar refractivity (Wildman–Crippen MR) is 49.9 cm³/mol. The molecule has 0 bridgehead atoms. The van der Waals surface area contributed by atoms with Crippen LogP contribution in [0.5, 0.6) is 0 Å². The molecule has 3 nitrogen and oxygen atoms in total. The van der Waals surface area contributed by atoms with Crippen molar-refractivity contribution in [2.45, 2.75) is 6.42 Å². The van der Waals surface area contributed by atoms with Crippen molar-refractivity contribution >= 4 is 5.82 Å². The molecule has 0 aliphatic rings. The third-order valence-corrected chi connectivity index (χ3v) is 1.68. The molecule has 1 heterocycles. The zero-order valence-corrected chi connectivity index (χ0v) is 7.49. The van der Waals surface area contributed by atoms with Crippen molar-refractivity contribution in [1.29, 1.82) is 0 Å². The van der Waals surface area contributed by atoms with Crippen LogP contribution < -0.4 is 4.90 Å². The maximum atomic E-state index is 5.16. The molecule has 3 heteroatoms. The molecule has 1 aromatic rings. The lowest BCUT2D eigenvalue weighted by Crippen LogP contribution is -2.18. The minimum Gasteiger partial charge on any atom is -0.357 e. The van der Waals surface area contributed by atoms with Crippen LogP contribution in [0, 0.1) is 12.3 Å². The first-order valence-corrected chi connectivity index (χ1v) is 3.88. The maximum Gasteiger partial charge on any atom is 0.150 e. The van der Waals surface area contributed by atoms with Gasteiger partial charge in [-0.05, 0) is 0 Å². The fourth-order valence-electron chi connectivity index (χ4n) is 0.953. The smallest absolute Gasteiger partial charge is 0.150 e. The van der Waals surface area contributed by atoms with E-state index in [1.54, 1.807) is 4.68 Å². The molecular formula is C9H13N3. The summed E-state index contributed by atoms with van der Waals surface area (Å²) in [4.78, 5) is 2.04. The van der Waals surface area contributed by atoms with Gasteiger partial charge in [0.15, 0.2) is 0 Å². The summed E-state index contributed by atoms with van der Waals surface area (Å²) in [5.74, 6) is 3.56. The first-order chi connectivity index (χ1) is 5.74. The number of terminal acetylenes is 1. The van der Waals surface area contributed by atoms with Crippen LogP contribution >= 0.6 is 0 Å². The Kier molecular flexibility index (Phi) is 2.76. The van der Waals surface area contributed by atoms with Crippen LogP contribution in [0.25, 0.3) is 0 Å². The molecule has 0 aromatic carbocycles. The molecule has 0 saturated heterocycles. The van der Waals surface area contributed by atoms with Crippen molar-refractivity contribution in [2.75, 3.05) is 18.5 Å². The Morgan fingerprint density at radius 3 is 3.00 bits per heavy atom. The fraction of sp³-hybridized carbons (Fsp3) is 0.444. The van der Waals surface area contributed by atoms with Crippen LogP contribution in [0.15, 0.2) is 12.3 Å². The van der Waals surface area contributed by atoms with Crippen molar-refractivity contribution in [1.82, 2.24) is 9.78 Å².